The first kappa shape index (κ1) is 13.5. The Morgan fingerprint density at radius 3 is 2.74 bits per heavy atom. The van der Waals surface area contributed by atoms with Crippen LogP contribution in [-0.4, -0.2) is 16.5 Å². The van der Waals surface area contributed by atoms with Crippen molar-refractivity contribution < 1.29 is 0 Å². The lowest BCUT2D eigenvalue weighted by Crippen LogP contribution is -2.08. The van der Waals surface area contributed by atoms with E-state index < -0.39 is 0 Å². The van der Waals surface area contributed by atoms with Crippen molar-refractivity contribution in [2.75, 3.05) is 11.9 Å². The van der Waals surface area contributed by atoms with E-state index in [9.17, 15) is 0 Å². The predicted molar refractivity (Wildman–Crippen MR) is 77.5 cm³/mol. The molecule has 5 heteroatoms. The highest BCUT2D eigenvalue weighted by Crippen LogP contribution is 2.18. The molecule has 19 heavy (non-hydrogen) atoms. The van der Waals surface area contributed by atoms with Crippen molar-refractivity contribution in [3.8, 4) is 6.07 Å². The molecule has 0 saturated carbocycles. The van der Waals surface area contributed by atoms with Crippen molar-refractivity contribution in [3.05, 3.63) is 39.1 Å². The molecule has 0 fully saturated rings. The van der Waals surface area contributed by atoms with Crippen molar-refractivity contribution >= 4 is 17.0 Å². The van der Waals surface area contributed by atoms with Gasteiger partial charge in [0.2, 0.25) is 0 Å². The summed E-state index contributed by atoms with van der Waals surface area (Å²) in [5.74, 6) is 0. The van der Waals surface area contributed by atoms with Crippen LogP contribution < -0.4 is 5.32 Å². The largest absolute Gasteiger partial charge is 0.383 e. The van der Waals surface area contributed by atoms with Crippen molar-refractivity contribution in [2.24, 2.45) is 0 Å². The molecule has 0 bridgehead atoms. The smallest absolute Gasteiger partial charge is 0.103 e. The van der Waals surface area contributed by atoms with Crippen LogP contribution in [0.25, 0.3) is 0 Å². The lowest BCUT2D eigenvalue weighted by atomic mass is 10.1. The number of nitrogens with one attached hydrogen (secondary N) is 1. The molecule has 0 atom stereocenters. The standard InChI is InChI=1S/C14H16N4S/c1-9-6-14(13(7-15)10(2)17-9)16-5-4-12-8-19-11(3)18-12/h6,8H,4-5H2,1-3H3,(H,16,17). The van der Waals surface area contributed by atoms with Gasteiger partial charge < -0.3 is 5.32 Å². The summed E-state index contributed by atoms with van der Waals surface area (Å²) < 4.78 is 0. The van der Waals surface area contributed by atoms with Gasteiger partial charge in [0.1, 0.15) is 6.07 Å². The first-order chi connectivity index (χ1) is 9.10. The molecule has 2 aromatic rings. The number of hydrogen-bond donors (Lipinski definition) is 1. The van der Waals surface area contributed by atoms with Gasteiger partial charge in [0, 0.05) is 24.0 Å². The van der Waals surface area contributed by atoms with E-state index in [-0.39, 0.29) is 0 Å². The quantitative estimate of drug-likeness (QED) is 0.929. The number of anilines is 1. The van der Waals surface area contributed by atoms with Gasteiger partial charge in [0.25, 0.3) is 0 Å². The maximum Gasteiger partial charge on any atom is 0.103 e. The van der Waals surface area contributed by atoms with Crippen molar-refractivity contribution in [3.63, 3.8) is 0 Å². The molecule has 0 aliphatic heterocycles. The van der Waals surface area contributed by atoms with Gasteiger partial charge in [-0.3, -0.25) is 4.98 Å². The summed E-state index contributed by atoms with van der Waals surface area (Å²) in [4.78, 5) is 8.72. The van der Waals surface area contributed by atoms with Crippen LogP contribution >= 0.6 is 11.3 Å². The molecule has 0 radical (unpaired) electrons. The summed E-state index contributed by atoms with van der Waals surface area (Å²) in [6.45, 7) is 6.56. The van der Waals surface area contributed by atoms with E-state index in [0.29, 0.717) is 5.56 Å². The molecule has 98 valence electrons. The molecule has 1 N–H and O–H groups in total. The number of rotatable bonds is 4. The lowest BCUT2D eigenvalue weighted by Gasteiger charge is -2.10. The lowest BCUT2D eigenvalue weighted by molar-refractivity contribution is 0.964. The average molecular weight is 272 g/mol. The minimum absolute atomic E-state index is 0.625. The SMILES string of the molecule is Cc1cc(NCCc2csc(C)n2)c(C#N)c(C)n1. The molecule has 2 heterocycles. The summed E-state index contributed by atoms with van der Waals surface area (Å²) in [6, 6.07) is 4.12. The number of pyridine rings is 1. The van der Waals surface area contributed by atoms with Crippen molar-refractivity contribution in [1.82, 2.24) is 9.97 Å². The topological polar surface area (TPSA) is 61.6 Å². The van der Waals surface area contributed by atoms with Crippen LogP contribution in [0, 0.1) is 32.1 Å². The van der Waals surface area contributed by atoms with E-state index in [2.05, 4.69) is 26.7 Å². The van der Waals surface area contributed by atoms with Crippen LogP contribution in [-0.2, 0) is 6.42 Å². The number of nitrogens with zero attached hydrogens (tertiary/aromatic N) is 3. The van der Waals surface area contributed by atoms with Crippen LogP contribution in [0.2, 0.25) is 0 Å². The second-order valence-corrected chi connectivity index (χ2v) is 5.48. The highest BCUT2D eigenvalue weighted by molar-refractivity contribution is 7.09. The summed E-state index contributed by atoms with van der Waals surface area (Å²) in [5.41, 5.74) is 4.27. The second-order valence-electron chi connectivity index (χ2n) is 4.42. The number of nitriles is 1. The molecule has 2 aromatic heterocycles. The zero-order valence-electron chi connectivity index (χ0n) is 11.3. The Morgan fingerprint density at radius 1 is 1.32 bits per heavy atom. The van der Waals surface area contributed by atoms with E-state index in [4.69, 9.17) is 5.26 Å². The van der Waals surface area contributed by atoms with Gasteiger partial charge >= 0.3 is 0 Å². The Balaban J connectivity index is 2.05. The normalized spacial score (nSPS) is 10.2. The number of thiazole rings is 1. The van der Waals surface area contributed by atoms with Gasteiger partial charge in [-0.05, 0) is 26.8 Å². The Labute approximate surface area is 117 Å². The summed E-state index contributed by atoms with van der Waals surface area (Å²) in [6.07, 6.45) is 0.857. The highest BCUT2D eigenvalue weighted by atomic mass is 32.1. The molecule has 0 aliphatic rings. The first-order valence-corrected chi connectivity index (χ1v) is 7.01. The fraction of sp³-hybridized carbons (Fsp3) is 0.357. The van der Waals surface area contributed by atoms with Gasteiger partial charge in [0.15, 0.2) is 0 Å². The fourth-order valence-electron chi connectivity index (χ4n) is 1.96. The molecule has 0 spiro atoms. The van der Waals surface area contributed by atoms with Gasteiger partial charge in [-0.15, -0.1) is 11.3 Å². The minimum atomic E-state index is 0.625. The Kier molecular flexibility index (Phi) is 4.13. The van der Waals surface area contributed by atoms with Gasteiger partial charge in [-0.2, -0.15) is 5.26 Å². The Morgan fingerprint density at radius 2 is 2.11 bits per heavy atom. The third-order valence-electron chi connectivity index (χ3n) is 2.80. The molecule has 4 nitrogen and oxygen atoms in total. The third-order valence-corrected chi connectivity index (χ3v) is 3.63. The summed E-state index contributed by atoms with van der Waals surface area (Å²) in [5, 5.41) is 15.6. The summed E-state index contributed by atoms with van der Waals surface area (Å²) >= 11 is 1.66. The van der Waals surface area contributed by atoms with Crippen LogP contribution in [0.15, 0.2) is 11.4 Å². The highest BCUT2D eigenvalue weighted by Gasteiger charge is 2.07. The maximum atomic E-state index is 9.17. The fourth-order valence-corrected chi connectivity index (χ4v) is 2.60. The van der Waals surface area contributed by atoms with E-state index in [1.165, 1.54) is 0 Å². The Bertz CT molecular complexity index is 625. The zero-order valence-corrected chi connectivity index (χ0v) is 12.1. The Hall–Kier alpha value is -1.93. The molecule has 2 rings (SSSR count). The van der Waals surface area contributed by atoms with Gasteiger partial charge in [-0.25, -0.2) is 4.98 Å². The van der Waals surface area contributed by atoms with Crippen LogP contribution in [0.1, 0.15) is 27.7 Å². The second kappa shape index (κ2) is 5.81. The van der Waals surface area contributed by atoms with Crippen LogP contribution in [0.3, 0.4) is 0 Å². The van der Waals surface area contributed by atoms with E-state index in [1.807, 2.05) is 26.8 Å². The monoisotopic (exact) mass is 272 g/mol. The minimum Gasteiger partial charge on any atom is -0.383 e. The number of hydrogen-bond acceptors (Lipinski definition) is 5. The number of aromatic nitrogens is 2. The van der Waals surface area contributed by atoms with Crippen LogP contribution in [0.4, 0.5) is 5.69 Å². The van der Waals surface area contributed by atoms with E-state index in [0.717, 1.165) is 40.7 Å². The molecular formula is C14H16N4S. The summed E-state index contributed by atoms with van der Waals surface area (Å²) in [7, 11) is 0. The molecule has 0 aliphatic carbocycles. The van der Waals surface area contributed by atoms with Gasteiger partial charge in [-0.1, -0.05) is 0 Å². The molecular weight excluding hydrogens is 256 g/mol. The molecule has 0 aromatic carbocycles. The predicted octanol–water partition coefficient (Wildman–Crippen LogP) is 2.99. The van der Waals surface area contributed by atoms with Gasteiger partial charge in [0.05, 0.1) is 27.6 Å². The van der Waals surface area contributed by atoms with Crippen molar-refractivity contribution in [1.29, 1.82) is 5.26 Å². The third kappa shape index (κ3) is 3.30. The number of aryl methyl sites for hydroxylation is 3. The molecule has 0 unspecified atom stereocenters. The van der Waals surface area contributed by atoms with Crippen molar-refractivity contribution in [2.45, 2.75) is 27.2 Å². The van der Waals surface area contributed by atoms with E-state index in [1.54, 1.807) is 11.3 Å². The first-order valence-electron chi connectivity index (χ1n) is 6.13. The van der Waals surface area contributed by atoms with Crippen LogP contribution in [0.5, 0.6) is 0 Å². The molecule has 0 amide bonds. The maximum absolute atomic E-state index is 9.17. The average Bonchev–Trinajstić information content (AvgIpc) is 2.74. The molecule has 0 saturated heterocycles. The zero-order chi connectivity index (χ0) is 13.8. The van der Waals surface area contributed by atoms with E-state index >= 15 is 0 Å².